The Balaban J connectivity index is 2.25. The molecule has 21 heavy (non-hydrogen) atoms. The Hall–Kier alpha value is -1.81. The van der Waals surface area contributed by atoms with Gasteiger partial charge in [-0.05, 0) is 44.0 Å². The summed E-state index contributed by atoms with van der Waals surface area (Å²) >= 11 is 0. The Morgan fingerprint density at radius 1 is 1.24 bits per heavy atom. The van der Waals surface area contributed by atoms with Crippen molar-refractivity contribution in [3.63, 3.8) is 0 Å². The van der Waals surface area contributed by atoms with E-state index in [1.54, 1.807) is 7.11 Å². The highest BCUT2D eigenvalue weighted by molar-refractivity contribution is 5.31. The number of aliphatic hydroxyl groups is 1. The summed E-state index contributed by atoms with van der Waals surface area (Å²) in [5, 5.41) is 15.4. The van der Waals surface area contributed by atoms with Gasteiger partial charge < -0.3 is 9.84 Å². The number of nitrogens with zero attached hydrogens (tertiary/aromatic N) is 2. The molecule has 0 bridgehead atoms. The quantitative estimate of drug-likeness (QED) is 0.889. The summed E-state index contributed by atoms with van der Waals surface area (Å²) in [4.78, 5) is 0. The van der Waals surface area contributed by atoms with Crippen LogP contribution in [0.5, 0.6) is 5.75 Å². The summed E-state index contributed by atoms with van der Waals surface area (Å²) in [6.07, 6.45) is 1.45. The number of ether oxygens (including phenoxy) is 1. The average Bonchev–Trinajstić information content (AvgIpc) is 2.88. The van der Waals surface area contributed by atoms with Crippen LogP contribution in [0.15, 0.2) is 30.3 Å². The molecular weight excluding hydrogens is 264 g/mol. The number of hydrogen-bond acceptors (Lipinski definition) is 3. The van der Waals surface area contributed by atoms with Gasteiger partial charge in [0.15, 0.2) is 0 Å². The van der Waals surface area contributed by atoms with Gasteiger partial charge in [0, 0.05) is 18.7 Å². The minimum absolute atomic E-state index is 0.542. The van der Waals surface area contributed by atoms with Gasteiger partial charge in [0.2, 0.25) is 0 Å². The zero-order valence-corrected chi connectivity index (χ0v) is 13.3. The first-order chi connectivity index (χ1) is 10.00. The van der Waals surface area contributed by atoms with Gasteiger partial charge in [-0.15, -0.1) is 0 Å². The number of aromatic nitrogens is 2. The molecule has 1 atom stereocenters. The maximum atomic E-state index is 10.8. The normalized spacial score (nSPS) is 14.0. The van der Waals surface area contributed by atoms with Gasteiger partial charge in [0.25, 0.3) is 0 Å². The summed E-state index contributed by atoms with van der Waals surface area (Å²) in [5.41, 5.74) is 2.09. The number of methoxy groups -OCH3 is 1. The molecular formula is C17H24N2O2. The molecule has 4 nitrogen and oxygen atoms in total. The number of benzene rings is 1. The minimum Gasteiger partial charge on any atom is -0.497 e. The predicted octanol–water partition coefficient (Wildman–Crippen LogP) is 2.92. The zero-order valence-electron chi connectivity index (χ0n) is 13.3. The first-order valence-corrected chi connectivity index (χ1v) is 7.42. The highest BCUT2D eigenvalue weighted by Gasteiger charge is 2.25. The largest absolute Gasteiger partial charge is 0.497 e. The third-order valence-electron chi connectivity index (χ3n) is 3.81. The Labute approximate surface area is 126 Å². The van der Waals surface area contributed by atoms with Gasteiger partial charge in [0.1, 0.15) is 5.75 Å². The summed E-state index contributed by atoms with van der Waals surface area (Å²) in [7, 11) is 1.64. The van der Waals surface area contributed by atoms with E-state index in [9.17, 15) is 5.11 Å². The maximum Gasteiger partial charge on any atom is 0.118 e. The van der Waals surface area contributed by atoms with Crippen LogP contribution in [0.1, 0.15) is 37.7 Å². The van der Waals surface area contributed by atoms with Crippen molar-refractivity contribution in [3.05, 3.63) is 47.3 Å². The van der Waals surface area contributed by atoms with E-state index in [4.69, 9.17) is 4.74 Å². The third-order valence-corrected chi connectivity index (χ3v) is 3.81. The summed E-state index contributed by atoms with van der Waals surface area (Å²) in [5.74, 6) is 0.793. The van der Waals surface area contributed by atoms with E-state index in [0.717, 1.165) is 35.7 Å². The molecule has 1 unspecified atom stereocenters. The van der Waals surface area contributed by atoms with E-state index in [-0.39, 0.29) is 0 Å². The maximum absolute atomic E-state index is 10.8. The van der Waals surface area contributed by atoms with Crippen molar-refractivity contribution in [1.82, 2.24) is 9.78 Å². The summed E-state index contributed by atoms with van der Waals surface area (Å²) < 4.78 is 7.13. The molecule has 0 saturated carbocycles. The average molecular weight is 288 g/mol. The fourth-order valence-corrected chi connectivity index (χ4v) is 2.51. The monoisotopic (exact) mass is 288 g/mol. The highest BCUT2D eigenvalue weighted by atomic mass is 16.5. The molecule has 0 aliphatic heterocycles. The fourth-order valence-electron chi connectivity index (χ4n) is 2.51. The Morgan fingerprint density at radius 3 is 2.43 bits per heavy atom. The van der Waals surface area contributed by atoms with Crippen LogP contribution in [-0.2, 0) is 25.0 Å². The first kappa shape index (κ1) is 15.6. The second kappa shape index (κ2) is 6.31. The second-order valence-corrected chi connectivity index (χ2v) is 5.48. The zero-order chi connectivity index (χ0) is 15.5. The van der Waals surface area contributed by atoms with Gasteiger partial charge in [-0.1, -0.05) is 19.1 Å². The topological polar surface area (TPSA) is 47.3 Å². The summed E-state index contributed by atoms with van der Waals surface area (Å²) in [6, 6.07) is 9.65. The van der Waals surface area contributed by atoms with E-state index >= 15 is 0 Å². The lowest BCUT2D eigenvalue weighted by molar-refractivity contribution is 0.0553. The molecule has 1 aromatic heterocycles. The van der Waals surface area contributed by atoms with Crippen molar-refractivity contribution in [2.75, 3.05) is 7.11 Å². The van der Waals surface area contributed by atoms with Crippen molar-refractivity contribution in [2.24, 2.45) is 0 Å². The van der Waals surface area contributed by atoms with Gasteiger partial charge >= 0.3 is 0 Å². The molecule has 0 fully saturated rings. The van der Waals surface area contributed by atoms with Crippen molar-refractivity contribution in [1.29, 1.82) is 0 Å². The lowest BCUT2D eigenvalue weighted by Gasteiger charge is -2.24. The first-order valence-electron chi connectivity index (χ1n) is 7.42. The molecule has 0 saturated heterocycles. The van der Waals surface area contributed by atoms with Crippen LogP contribution in [0.3, 0.4) is 0 Å². The Bertz CT molecular complexity index is 585. The predicted molar refractivity (Wildman–Crippen MR) is 83.5 cm³/mol. The molecule has 2 aromatic rings. The lowest BCUT2D eigenvalue weighted by Crippen LogP contribution is -2.25. The summed E-state index contributed by atoms with van der Waals surface area (Å²) in [6.45, 7) is 6.81. The highest BCUT2D eigenvalue weighted by Crippen LogP contribution is 2.27. The Morgan fingerprint density at radius 2 is 1.90 bits per heavy atom. The van der Waals surface area contributed by atoms with Gasteiger partial charge in [-0.3, -0.25) is 4.68 Å². The van der Waals surface area contributed by atoms with E-state index < -0.39 is 5.60 Å². The molecule has 0 aliphatic carbocycles. The van der Waals surface area contributed by atoms with Crippen LogP contribution in [0.25, 0.3) is 0 Å². The number of aryl methyl sites for hydroxylation is 2. The van der Waals surface area contributed by atoms with Crippen LogP contribution in [0.4, 0.5) is 0 Å². The van der Waals surface area contributed by atoms with Crippen LogP contribution < -0.4 is 4.74 Å². The van der Waals surface area contributed by atoms with Crippen molar-refractivity contribution >= 4 is 0 Å². The second-order valence-electron chi connectivity index (χ2n) is 5.48. The Kier molecular flexibility index (Phi) is 4.68. The number of rotatable bonds is 6. The van der Waals surface area contributed by atoms with Crippen molar-refractivity contribution in [3.8, 4) is 5.75 Å². The SMILES string of the molecule is CCc1cc(CC(C)(O)c2ccc(OC)cc2)n(CC)n1. The van der Waals surface area contributed by atoms with Crippen molar-refractivity contribution < 1.29 is 9.84 Å². The molecule has 0 radical (unpaired) electrons. The molecule has 0 amide bonds. The van der Waals surface area contributed by atoms with Crippen LogP contribution in [0, 0.1) is 0 Å². The van der Waals surface area contributed by atoms with E-state index in [2.05, 4.69) is 25.0 Å². The third kappa shape index (κ3) is 3.45. The fraction of sp³-hybridized carbons (Fsp3) is 0.471. The van der Waals surface area contributed by atoms with Gasteiger partial charge in [-0.25, -0.2) is 0 Å². The van der Waals surface area contributed by atoms with E-state index in [0.29, 0.717) is 6.42 Å². The van der Waals surface area contributed by atoms with Crippen LogP contribution in [-0.4, -0.2) is 22.0 Å². The van der Waals surface area contributed by atoms with E-state index in [1.165, 1.54) is 0 Å². The molecule has 0 aliphatic rings. The molecule has 1 N–H and O–H groups in total. The molecule has 0 spiro atoms. The van der Waals surface area contributed by atoms with Gasteiger partial charge in [-0.2, -0.15) is 5.10 Å². The molecule has 4 heteroatoms. The van der Waals surface area contributed by atoms with E-state index in [1.807, 2.05) is 35.9 Å². The van der Waals surface area contributed by atoms with Crippen molar-refractivity contribution in [2.45, 2.75) is 45.8 Å². The standard InChI is InChI=1S/C17H24N2O2/c1-5-14-11-15(19(6-2)18-14)12-17(3,20)13-7-9-16(21-4)10-8-13/h7-11,20H,5-6,12H2,1-4H3. The molecule has 1 aromatic carbocycles. The smallest absolute Gasteiger partial charge is 0.118 e. The molecule has 2 rings (SSSR count). The number of hydrogen-bond donors (Lipinski definition) is 1. The van der Waals surface area contributed by atoms with Gasteiger partial charge in [0.05, 0.1) is 18.4 Å². The van der Waals surface area contributed by atoms with Crippen LogP contribution >= 0.6 is 0 Å². The molecule has 114 valence electrons. The minimum atomic E-state index is -0.926. The lowest BCUT2D eigenvalue weighted by atomic mass is 9.91. The van der Waals surface area contributed by atoms with Crippen LogP contribution in [0.2, 0.25) is 0 Å². The molecule has 1 heterocycles.